The minimum absolute atomic E-state index is 0.0102. The zero-order valence-corrected chi connectivity index (χ0v) is 44.7. The second-order valence-electron chi connectivity index (χ2n) is 18.9. The Morgan fingerprint density at radius 1 is 0.557 bits per heavy atom. The predicted molar refractivity (Wildman–Crippen MR) is 279 cm³/mol. The molecule has 0 radical (unpaired) electrons. The van der Waals surface area contributed by atoms with Gasteiger partial charge in [-0.25, -0.2) is 8.42 Å². The average molecular weight is 1130 g/mol. The molecule has 0 aliphatic carbocycles. The van der Waals surface area contributed by atoms with Crippen LogP contribution in [0.25, 0.3) is 11.4 Å². The number of aromatic nitrogens is 2. The fraction of sp³-hybridized carbons (Fsp3) is 0.286. The van der Waals surface area contributed by atoms with E-state index in [4.69, 9.17) is 0 Å². The number of hydrogen-bond acceptors (Lipinski definition) is 10. The molecule has 0 fully saturated rings. The van der Waals surface area contributed by atoms with Crippen LogP contribution in [0.2, 0.25) is 0 Å². The Labute approximate surface area is 454 Å². The molecule has 2 heterocycles. The van der Waals surface area contributed by atoms with Gasteiger partial charge in [0.15, 0.2) is 11.6 Å². The molecule has 6 rings (SSSR count). The standard InChI is InChI=1S/C56H51F6N7O8S2/c1-35-49(78(76)45-21-17-37(31-63)18-22-45)29-47(53(74)67(35)41-13-9-11-39(27-41)55(57,58)59)51(72)65-33-43(70)15-5-7-25-69(3,4)26-8-6-16-44(71)34-66-52(73)48-30-50(79(77)46-23-19-38(32-64)20-24-46)36(2)68(54(48)75)42-14-10-12-40(28-42)56(60,61)62/h9-14,17-24,27-30H,5-8,15-16,25-26,33-34H2,1-4H3,(H-,65,66,72,73)/p+1. The van der Waals surface area contributed by atoms with Crippen molar-refractivity contribution in [1.29, 1.82) is 10.5 Å². The highest BCUT2D eigenvalue weighted by Gasteiger charge is 2.33. The molecule has 2 amide bonds. The first-order chi connectivity index (χ1) is 37.2. The van der Waals surface area contributed by atoms with E-state index in [1.54, 1.807) is 0 Å². The Hall–Kier alpha value is -8.12. The van der Waals surface area contributed by atoms with Crippen molar-refractivity contribution in [3.63, 3.8) is 0 Å². The van der Waals surface area contributed by atoms with E-state index in [9.17, 15) is 74.1 Å². The number of carbonyl (C=O) groups excluding carboxylic acids is 4. The molecule has 2 unspecified atom stereocenters. The lowest BCUT2D eigenvalue weighted by molar-refractivity contribution is -0.890. The molecular formula is C56H52F6N7O8S2+. The van der Waals surface area contributed by atoms with Gasteiger partial charge < -0.3 is 15.1 Å². The zero-order chi connectivity index (χ0) is 58.0. The normalized spacial score (nSPS) is 12.5. The third-order valence-electron chi connectivity index (χ3n) is 12.8. The maximum absolute atomic E-state index is 13.9. The van der Waals surface area contributed by atoms with Gasteiger partial charge in [0.1, 0.15) is 11.1 Å². The maximum atomic E-state index is 13.9. The predicted octanol–water partition coefficient (Wildman–Crippen LogP) is 8.43. The maximum Gasteiger partial charge on any atom is 0.416 e. The first kappa shape index (κ1) is 60.1. The van der Waals surface area contributed by atoms with Crippen molar-refractivity contribution in [1.82, 2.24) is 19.8 Å². The van der Waals surface area contributed by atoms with E-state index in [1.165, 1.54) is 74.5 Å². The van der Waals surface area contributed by atoms with E-state index in [1.807, 2.05) is 26.2 Å². The number of hydrogen-bond donors (Lipinski definition) is 2. The summed E-state index contributed by atoms with van der Waals surface area (Å²) in [6, 6.07) is 25.0. The number of nitrogens with one attached hydrogen (secondary N) is 2. The first-order valence-corrected chi connectivity index (χ1v) is 26.7. The fourth-order valence-electron chi connectivity index (χ4n) is 8.45. The van der Waals surface area contributed by atoms with Crippen molar-refractivity contribution in [2.75, 3.05) is 40.3 Å². The van der Waals surface area contributed by atoms with Gasteiger partial charge in [0.2, 0.25) is 0 Å². The highest BCUT2D eigenvalue weighted by Crippen LogP contribution is 2.33. The lowest BCUT2D eigenvalue weighted by atomic mass is 10.1. The van der Waals surface area contributed by atoms with Crippen molar-refractivity contribution in [2.45, 2.75) is 84.3 Å². The second kappa shape index (κ2) is 25.6. The monoisotopic (exact) mass is 1130 g/mol. The minimum Gasteiger partial charge on any atom is -0.345 e. The Morgan fingerprint density at radius 2 is 0.911 bits per heavy atom. The summed E-state index contributed by atoms with van der Waals surface area (Å²) in [7, 11) is -0.246. The van der Waals surface area contributed by atoms with Crippen LogP contribution >= 0.6 is 0 Å². The van der Waals surface area contributed by atoms with Crippen molar-refractivity contribution in [2.24, 2.45) is 0 Å². The number of amides is 2. The summed E-state index contributed by atoms with van der Waals surface area (Å²) in [5, 5.41) is 23.2. The Morgan fingerprint density at radius 3 is 1.24 bits per heavy atom. The third kappa shape index (κ3) is 15.1. The van der Waals surface area contributed by atoms with Gasteiger partial charge in [0.05, 0.1) is 106 Å². The van der Waals surface area contributed by atoms with Gasteiger partial charge in [0, 0.05) is 45.4 Å². The van der Waals surface area contributed by atoms with Gasteiger partial charge in [-0.3, -0.25) is 37.9 Å². The van der Waals surface area contributed by atoms with Crippen LogP contribution in [0.1, 0.15) is 92.9 Å². The number of rotatable bonds is 22. The molecule has 15 nitrogen and oxygen atoms in total. The molecule has 0 aliphatic heterocycles. The first-order valence-electron chi connectivity index (χ1n) is 24.4. The van der Waals surface area contributed by atoms with E-state index < -0.39 is 92.2 Å². The number of quaternary nitrogens is 1. The van der Waals surface area contributed by atoms with Gasteiger partial charge in [-0.05, 0) is 137 Å². The number of unbranched alkanes of at least 4 members (excludes halogenated alkanes) is 2. The van der Waals surface area contributed by atoms with Crippen molar-refractivity contribution >= 4 is 45.0 Å². The summed E-state index contributed by atoms with van der Waals surface area (Å²) in [6.45, 7) is 3.01. The summed E-state index contributed by atoms with van der Waals surface area (Å²) < 4.78 is 112. The van der Waals surface area contributed by atoms with Crippen LogP contribution < -0.4 is 21.8 Å². The number of alkyl halides is 6. The molecule has 0 saturated carbocycles. The number of nitriles is 2. The smallest absolute Gasteiger partial charge is 0.345 e. The van der Waals surface area contributed by atoms with Gasteiger partial charge in [-0.1, -0.05) is 12.1 Å². The van der Waals surface area contributed by atoms with Crippen LogP contribution in [0.5, 0.6) is 0 Å². The van der Waals surface area contributed by atoms with Crippen LogP contribution in [0.4, 0.5) is 26.3 Å². The molecule has 23 heteroatoms. The summed E-state index contributed by atoms with van der Waals surface area (Å²) in [5.74, 6) is -2.79. The van der Waals surface area contributed by atoms with Gasteiger partial charge in [-0.15, -0.1) is 0 Å². The summed E-state index contributed by atoms with van der Waals surface area (Å²) in [5.41, 5.74) is -5.29. The number of Topliss-reactive ketones (excluding diaryl/α,β-unsaturated/α-hetero) is 2. The van der Waals surface area contributed by atoms with Gasteiger partial charge in [0.25, 0.3) is 22.9 Å². The number of benzene rings is 4. The Kier molecular flexibility index (Phi) is 19.5. The number of halogens is 6. The quantitative estimate of drug-likeness (QED) is 0.0376. The van der Waals surface area contributed by atoms with E-state index in [2.05, 4.69) is 10.6 Å². The molecule has 0 bridgehead atoms. The molecule has 412 valence electrons. The number of ketones is 2. The highest BCUT2D eigenvalue weighted by molar-refractivity contribution is 7.85. The minimum atomic E-state index is -4.77. The van der Waals surface area contributed by atoms with Crippen LogP contribution in [0, 0.1) is 36.5 Å². The largest absolute Gasteiger partial charge is 0.416 e. The van der Waals surface area contributed by atoms with E-state index >= 15 is 0 Å². The van der Waals surface area contributed by atoms with Crippen molar-refractivity contribution in [3.8, 4) is 23.5 Å². The number of nitrogens with zero attached hydrogens (tertiary/aromatic N) is 5. The molecule has 6 aromatic rings. The Bertz CT molecular complexity index is 3350. The van der Waals surface area contributed by atoms with E-state index in [-0.39, 0.29) is 77.9 Å². The van der Waals surface area contributed by atoms with Gasteiger partial charge in [-0.2, -0.15) is 36.9 Å². The molecule has 4 aromatic carbocycles. The molecule has 2 aromatic heterocycles. The van der Waals surface area contributed by atoms with E-state index in [0.717, 1.165) is 57.7 Å². The SMILES string of the molecule is Cc1c(S(=O)c2ccc(C#N)cc2)cc(C(=O)NCC(=O)CCCC[N+](C)(C)CCCCC(=O)CNC(=O)c2cc(S(=O)c3ccc(C#N)cc3)c(C)n(-c3cccc(C(F)(F)F)c3)c2=O)c(=O)n1-c1cccc(C(F)(F)F)c1. The second-order valence-corrected chi connectivity index (χ2v) is 21.8. The molecule has 2 N–H and O–H groups in total. The topological polar surface area (TPSA) is 218 Å². The number of pyridine rings is 2. The molecular weight excluding hydrogens is 1080 g/mol. The van der Waals surface area contributed by atoms with Crippen LogP contribution in [0.3, 0.4) is 0 Å². The highest BCUT2D eigenvalue weighted by atomic mass is 32.2. The third-order valence-corrected chi connectivity index (χ3v) is 15.8. The summed E-state index contributed by atoms with van der Waals surface area (Å²) >= 11 is 0. The summed E-state index contributed by atoms with van der Waals surface area (Å²) in [6.07, 6.45) is -7.43. The zero-order valence-electron chi connectivity index (χ0n) is 43.0. The average Bonchev–Trinajstić information content (AvgIpc) is 3.47. The summed E-state index contributed by atoms with van der Waals surface area (Å²) in [4.78, 5) is 81.0. The van der Waals surface area contributed by atoms with Crippen molar-refractivity contribution in [3.05, 3.63) is 175 Å². The molecule has 79 heavy (non-hydrogen) atoms. The Balaban J connectivity index is 1.01. The lowest BCUT2D eigenvalue weighted by Gasteiger charge is -2.29. The van der Waals surface area contributed by atoms with Crippen LogP contribution in [0.15, 0.2) is 138 Å². The van der Waals surface area contributed by atoms with Crippen molar-refractivity contribution < 1.29 is 58.4 Å². The van der Waals surface area contributed by atoms with Crippen LogP contribution in [-0.2, 0) is 43.5 Å². The fourth-order valence-corrected chi connectivity index (χ4v) is 10.9. The molecule has 0 saturated heterocycles. The molecule has 0 spiro atoms. The lowest BCUT2D eigenvalue weighted by Crippen LogP contribution is -2.41. The molecule has 2 atom stereocenters. The molecule has 0 aliphatic rings. The van der Waals surface area contributed by atoms with Crippen LogP contribution in [-0.4, -0.2) is 85.7 Å². The van der Waals surface area contributed by atoms with Gasteiger partial charge >= 0.3 is 12.4 Å². The number of carbonyl (C=O) groups is 4. The van der Waals surface area contributed by atoms with E-state index in [0.29, 0.717) is 43.3 Å².